The molecule has 0 aliphatic carbocycles. The number of aliphatic carboxylic acids is 1. The SMILES string of the molecule is Cc1cc(C(=O)N2CCC(C(=O)O)C(C)C2)ccc1[N+](=O)[O-]. The van der Waals surface area contributed by atoms with E-state index in [4.69, 9.17) is 5.11 Å². The summed E-state index contributed by atoms with van der Waals surface area (Å²) in [5.74, 6) is -1.59. The van der Waals surface area contributed by atoms with Gasteiger partial charge in [-0.1, -0.05) is 6.92 Å². The third-order valence-corrected chi connectivity index (χ3v) is 4.15. The Balaban J connectivity index is 2.14. The van der Waals surface area contributed by atoms with Crippen LogP contribution in [0.25, 0.3) is 0 Å². The lowest BCUT2D eigenvalue weighted by atomic mass is 9.87. The minimum atomic E-state index is -0.828. The predicted molar refractivity (Wildman–Crippen MR) is 78.6 cm³/mol. The Kier molecular flexibility index (Phi) is 4.44. The molecular weight excluding hydrogens is 288 g/mol. The van der Waals surface area contributed by atoms with E-state index in [-0.39, 0.29) is 17.5 Å². The maximum absolute atomic E-state index is 12.5. The Morgan fingerprint density at radius 3 is 2.59 bits per heavy atom. The van der Waals surface area contributed by atoms with Gasteiger partial charge in [0.2, 0.25) is 0 Å². The van der Waals surface area contributed by atoms with Gasteiger partial charge in [0, 0.05) is 30.3 Å². The minimum Gasteiger partial charge on any atom is -0.481 e. The van der Waals surface area contributed by atoms with Gasteiger partial charge >= 0.3 is 5.97 Å². The summed E-state index contributed by atoms with van der Waals surface area (Å²) in [6.07, 6.45) is 0.425. The minimum absolute atomic E-state index is 0.0190. The van der Waals surface area contributed by atoms with E-state index in [1.807, 2.05) is 6.92 Å². The highest BCUT2D eigenvalue weighted by atomic mass is 16.6. The molecule has 0 saturated carbocycles. The number of piperidine rings is 1. The standard InChI is InChI=1S/C15H18N2O5/c1-9-7-11(3-4-13(9)17(21)22)14(18)16-6-5-12(15(19)20)10(2)8-16/h3-4,7,10,12H,5-6,8H2,1-2H3,(H,19,20). The Morgan fingerprint density at radius 2 is 2.09 bits per heavy atom. The lowest BCUT2D eigenvalue weighted by Crippen LogP contribution is -2.45. The fourth-order valence-electron chi connectivity index (χ4n) is 2.87. The molecule has 2 atom stereocenters. The van der Waals surface area contributed by atoms with Crippen LogP contribution in [0.4, 0.5) is 5.69 Å². The maximum atomic E-state index is 12.5. The van der Waals surface area contributed by atoms with Crippen LogP contribution in [0, 0.1) is 28.9 Å². The number of rotatable bonds is 3. The van der Waals surface area contributed by atoms with Crippen molar-refractivity contribution in [1.82, 2.24) is 4.90 Å². The van der Waals surface area contributed by atoms with Crippen molar-refractivity contribution >= 4 is 17.6 Å². The van der Waals surface area contributed by atoms with E-state index >= 15 is 0 Å². The van der Waals surface area contributed by atoms with Crippen LogP contribution in [0.15, 0.2) is 18.2 Å². The van der Waals surface area contributed by atoms with Gasteiger partial charge in [-0.3, -0.25) is 19.7 Å². The van der Waals surface area contributed by atoms with Crippen LogP contribution in [0.5, 0.6) is 0 Å². The normalized spacial score (nSPS) is 21.5. The number of likely N-dealkylation sites (tertiary alicyclic amines) is 1. The summed E-state index contributed by atoms with van der Waals surface area (Å²) in [7, 11) is 0. The number of carboxylic acids is 1. The van der Waals surface area contributed by atoms with Crippen LogP contribution in [-0.4, -0.2) is 39.9 Å². The molecular formula is C15H18N2O5. The molecule has 1 aromatic carbocycles. The van der Waals surface area contributed by atoms with E-state index in [0.717, 1.165) is 0 Å². The second kappa shape index (κ2) is 6.13. The molecule has 1 aliphatic rings. The number of aryl methyl sites for hydroxylation is 1. The number of carbonyl (C=O) groups is 2. The van der Waals surface area contributed by atoms with Crippen molar-refractivity contribution in [2.24, 2.45) is 11.8 Å². The molecule has 0 bridgehead atoms. The number of hydrogen-bond donors (Lipinski definition) is 1. The van der Waals surface area contributed by atoms with Crippen molar-refractivity contribution in [2.45, 2.75) is 20.3 Å². The molecule has 0 aromatic heterocycles. The van der Waals surface area contributed by atoms with Gasteiger partial charge in [0.25, 0.3) is 11.6 Å². The highest BCUT2D eigenvalue weighted by Gasteiger charge is 2.33. The first-order valence-electron chi connectivity index (χ1n) is 7.08. The summed E-state index contributed by atoms with van der Waals surface area (Å²) in [6, 6.07) is 4.28. The van der Waals surface area contributed by atoms with Gasteiger partial charge < -0.3 is 10.0 Å². The van der Waals surface area contributed by atoms with Crippen molar-refractivity contribution in [3.05, 3.63) is 39.4 Å². The van der Waals surface area contributed by atoms with Crippen molar-refractivity contribution in [3.8, 4) is 0 Å². The van der Waals surface area contributed by atoms with E-state index in [0.29, 0.717) is 30.6 Å². The molecule has 2 unspecified atom stereocenters. The van der Waals surface area contributed by atoms with Crippen LogP contribution in [0.2, 0.25) is 0 Å². The topological polar surface area (TPSA) is 101 Å². The molecule has 0 spiro atoms. The van der Waals surface area contributed by atoms with Gasteiger partial charge in [0.05, 0.1) is 10.8 Å². The van der Waals surface area contributed by atoms with Crippen molar-refractivity contribution in [1.29, 1.82) is 0 Å². The summed E-state index contributed by atoms with van der Waals surface area (Å²) in [4.78, 5) is 35.5. The molecule has 7 heteroatoms. The van der Waals surface area contributed by atoms with E-state index in [2.05, 4.69) is 0 Å². The smallest absolute Gasteiger partial charge is 0.306 e. The monoisotopic (exact) mass is 306 g/mol. The van der Waals surface area contributed by atoms with Crippen LogP contribution in [-0.2, 0) is 4.79 Å². The van der Waals surface area contributed by atoms with Gasteiger partial charge in [0.1, 0.15) is 0 Å². The number of nitro benzene ring substituents is 1. The molecule has 22 heavy (non-hydrogen) atoms. The molecule has 2 rings (SSSR count). The molecule has 7 nitrogen and oxygen atoms in total. The molecule has 1 fully saturated rings. The summed E-state index contributed by atoms with van der Waals surface area (Å²) in [6.45, 7) is 4.18. The zero-order valence-corrected chi connectivity index (χ0v) is 12.5. The molecule has 1 aliphatic heterocycles. The van der Waals surface area contributed by atoms with E-state index in [1.165, 1.54) is 18.2 Å². The number of carbonyl (C=O) groups excluding carboxylic acids is 1. The van der Waals surface area contributed by atoms with Crippen LogP contribution in [0.3, 0.4) is 0 Å². The molecule has 1 saturated heterocycles. The molecule has 1 N–H and O–H groups in total. The third-order valence-electron chi connectivity index (χ3n) is 4.15. The number of nitrogens with zero attached hydrogens (tertiary/aromatic N) is 2. The highest BCUT2D eigenvalue weighted by Crippen LogP contribution is 2.26. The zero-order valence-electron chi connectivity index (χ0n) is 12.5. The summed E-state index contributed by atoms with van der Waals surface area (Å²) < 4.78 is 0. The number of benzene rings is 1. The van der Waals surface area contributed by atoms with Crippen LogP contribution < -0.4 is 0 Å². The number of carboxylic acid groups (broad SMARTS) is 1. The Morgan fingerprint density at radius 1 is 1.41 bits per heavy atom. The lowest BCUT2D eigenvalue weighted by molar-refractivity contribution is -0.385. The third kappa shape index (κ3) is 3.08. The van der Waals surface area contributed by atoms with Crippen LogP contribution >= 0.6 is 0 Å². The van der Waals surface area contributed by atoms with Crippen molar-refractivity contribution in [3.63, 3.8) is 0 Å². The molecule has 1 amide bonds. The first kappa shape index (κ1) is 15.9. The summed E-state index contributed by atoms with van der Waals surface area (Å²) >= 11 is 0. The number of amides is 1. The first-order valence-corrected chi connectivity index (χ1v) is 7.08. The molecule has 1 aromatic rings. The zero-order chi connectivity index (χ0) is 16.4. The van der Waals surface area contributed by atoms with Crippen molar-refractivity contribution in [2.75, 3.05) is 13.1 Å². The average Bonchev–Trinajstić information content (AvgIpc) is 2.45. The number of nitro groups is 1. The average molecular weight is 306 g/mol. The van der Waals surface area contributed by atoms with E-state index in [9.17, 15) is 19.7 Å². The first-order chi connectivity index (χ1) is 10.3. The number of hydrogen-bond acceptors (Lipinski definition) is 4. The fourth-order valence-corrected chi connectivity index (χ4v) is 2.87. The lowest BCUT2D eigenvalue weighted by Gasteiger charge is -2.35. The van der Waals surface area contributed by atoms with E-state index < -0.39 is 16.8 Å². The van der Waals surface area contributed by atoms with Gasteiger partial charge in [-0.05, 0) is 31.4 Å². The van der Waals surface area contributed by atoms with Gasteiger partial charge in [-0.2, -0.15) is 0 Å². The second-order valence-corrected chi connectivity index (χ2v) is 5.72. The second-order valence-electron chi connectivity index (χ2n) is 5.72. The molecule has 118 valence electrons. The summed E-state index contributed by atoms with van der Waals surface area (Å²) in [5, 5.41) is 19.9. The summed E-state index contributed by atoms with van der Waals surface area (Å²) in [5.41, 5.74) is 0.808. The van der Waals surface area contributed by atoms with Crippen LogP contribution in [0.1, 0.15) is 29.3 Å². The predicted octanol–water partition coefficient (Wildman–Crippen LogP) is 2.09. The molecule has 1 heterocycles. The quantitative estimate of drug-likeness (QED) is 0.680. The fraction of sp³-hybridized carbons (Fsp3) is 0.467. The Bertz CT molecular complexity index is 628. The Labute approximate surface area is 127 Å². The van der Waals surface area contributed by atoms with Gasteiger partial charge in [-0.15, -0.1) is 0 Å². The van der Waals surface area contributed by atoms with Gasteiger partial charge in [0.15, 0.2) is 0 Å². The van der Waals surface area contributed by atoms with Crippen molar-refractivity contribution < 1.29 is 19.6 Å². The maximum Gasteiger partial charge on any atom is 0.306 e. The highest BCUT2D eigenvalue weighted by molar-refractivity contribution is 5.95. The largest absolute Gasteiger partial charge is 0.481 e. The van der Waals surface area contributed by atoms with E-state index in [1.54, 1.807) is 11.8 Å². The Hall–Kier alpha value is -2.44. The molecule has 0 radical (unpaired) electrons. The van der Waals surface area contributed by atoms with Gasteiger partial charge in [-0.25, -0.2) is 0 Å².